The van der Waals surface area contributed by atoms with Gasteiger partial charge in [0.15, 0.2) is 0 Å². The Morgan fingerprint density at radius 2 is 1.96 bits per heavy atom. The van der Waals surface area contributed by atoms with Gasteiger partial charge in [-0.2, -0.15) is 0 Å². The van der Waals surface area contributed by atoms with Crippen LogP contribution in [0.1, 0.15) is 18.1 Å². The molecular formula is C20H18BrNO4. The van der Waals surface area contributed by atoms with Crippen molar-refractivity contribution in [3.05, 3.63) is 76.3 Å². The summed E-state index contributed by atoms with van der Waals surface area (Å²) in [6.07, 6.45) is 0. The highest BCUT2D eigenvalue weighted by atomic mass is 79.9. The van der Waals surface area contributed by atoms with Gasteiger partial charge in [-0.3, -0.25) is 4.79 Å². The number of halogens is 1. The van der Waals surface area contributed by atoms with E-state index >= 15 is 0 Å². The van der Waals surface area contributed by atoms with Gasteiger partial charge in [0.1, 0.15) is 0 Å². The van der Waals surface area contributed by atoms with Crippen molar-refractivity contribution in [3.8, 4) is 0 Å². The fraction of sp³-hybridized carbons (Fsp3) is 0.200. The normalized spacial score (nSPS) is 18.6. The minimum atomic E-state index is -2.15. The number of rotatable bonds is 5. The summed E-state index contributed by atoms with van der Waals surface area (Å²) in [6.45, 7) is 5.71. The van der Waals surface area contributed by atoms with E-state index in [9.17, 15) is 14.7 Å². The first-order valence-electron chi connectivity index (χ1n) is 8.14. The summed E-state index contributed by atoms with van der Waals surface area (Å²) in [6, 6.07) is 14.6. The number of amides is 1. The SMILES string of the molecule is C=C(C(=O)OCC)C1(O)C(=O)N(Cc2ccccc2)c2ccc(Br)cc21. The zero-order valence-electron chi connectivity index (χ0n) is 14.2. The van der Waals surface area contributed by atoms with E-state index < -0.39 is 17.5 Å². The largest absolute Gasteiger partial charge is 0.463 e. The summed E-state index contributed by atoms with van der Waals surface area (Å²) in [4.78, 5) is 26.8. The van der Waals surface area contributed by atoms with Gasteiger partial charge < -0.3 is 14.7 Å². The molecule has 0 saturated heterocycles. The fourth-order valence-corrected chi connectivity index (χ4v) is 3.39. The first-order chi connectivity index (χ1) is 12.4. The van der Waals surface area contributed by atoms with Crippen LogP contribution >= 0.6 is 15.9 Å². The number of hydrogen-bond acceptors (Lipinski definition) is 4. The molecule has 1 heterocycles. The molecule has 0 bridgehead atoms. The highest BCUT2D eigenvalue weighted by molar-refractivity contribution is 9.10. The van der Waals surface area contributed by atoms with Crippen LogP contribution in [-0.2, 0) is 26.5 Å². The van der Waals surface area contributed by atoms with Crippen molar-refractivity contribution in [1.29, 1.82) is 0 Å². The third-order valence-corrected chi connectivity index (χ3v) is 4.83. The molecule has 0 radical (unpaired) electrons. The molecule has 2 aromatic rings. The van der Waals surface area contributed by atoms with Crippen LogP contribution in [0.15, 0.2) is 65.2 Å². The van der Waals surface area contributed by atoms with Crippen molar-refractivity contribution in [1.82, 2.24) is 0 Å². The lowest BCUT2D eigenvalue weighted by Gasteiger charge is -2.24. The van der Waals surface area contributed by atoms with Crippen LogP contribution in [0.25, 0.3) is 0 Å². The molecule has 0 aromatic heterocycles. The molecule has 0 spiro atoms. The van der Waals surface area contributed by atoms with E-state index in [0.717, 1.165) is 5.56 Å². The molecular weight excluding hydrogens is 398 g/mol. The van der Waals surface area contributed by atoms with Crippen molar-refractivity contribution < 1.29 is 19.4 Å². The van der Waals surface area contributed by atoms with Gasteiger partial charge in [-0.15, -0.1) is 0 Å². The average Bonchev–Trinajstić information content (AvgIpc) is 2.84. The molecule has 1 aliphatic heterocycles. The molecule has 6 heteroatoms. The third-order valence-electron chi connectivity index (χ3n) is 4.34. The van der Waals surface area contributed by atoms with E-state index in [1.807, 2.05) is 30.3 Å². The molecule has 26 heavy (non-hydrogen) atoms. The molecule has 0 saturated carbocycles. The Hall–Kier alpha value is -2.44. The van der Waals surface area contributed by atoms with E-state index in [2.05, 4.69) is 22.5 Å². The van der Waals surface area contributed by atoms with Crippen molar-refractivity contribution in [3.63, 3.8) is 0 Å². The molecule has 1 amide bonds. The maximum Gasteiger partial charge on any atom is 0.337 e. The second-order valence-corrected chi connectivity index (χ2v) is 6.86. The molecule has 0 aliphatic carbocycles. The summed E-state index contributed by atoms with van der Waals surface area (Å²) < 4.78 is 5.63. The summed E-state index contributed by atoms with van der Waals surface area (Å²) in [5.41, 5.74) is -0.694. The number of fused-ring (bicyclic) bond motifs is 1. The standard InChI is InChI=1S/C20H18BrNO4/c1-3-26-18(23)13(2)20(25)16-11-15(21)9-10-17(16)22(19(20)24)12-14-7-5-4-6-8-14/h4-11,25H,2-3,12H2,1H3. The fourth-order valence-electron chi connectivity index (χ4n) is 3.03. The van der Waals surface area contributed by atoms with Crippen molar-refractivity contribution in [2.45, 2.75) is 19.1 Å². The quantitative estimate of drug-likeness (QED) is 0.600. The summed E-state index contributed by atoms with van der Waals surface area (Å²) in [5.74, 6) is -1.41. The Morgan fingerprint density at radius 1 is 1.27 bits per heavy atom. The van der Waals surface area contributed by atoms with Crippen LogP contribution in [0.2, 0.25) is 0 Å². The lowest BCUT2D eigenvalue weighted by Crippen LogP contribution is -2.43. The van der Waals surface area contributed by atoms with E-state index in [4.69, 9.17) is 4.74 Å². The number of aliphatic hydroxyl groups is 1. The molecule has 1 aliphatic rings. The number of benzene rings is 2. The molecule has 2 aromatic carbocycles. The summed E-state index contributed by atoms with van der Waals surface area (Å²) in [5, 5.41) is 11.2. The first-order valence-corrected chi connectivity index (χ1v) is 8.93. The molecule has 0 fully saturated rings. The maximum absolute atomic E-state index is 13.1. The van der Waals surface area contributed by atoms with Crippen molar-refractivity contribution in [2.24, 2.45) is 0 Å². The monoisotopic (exact) mass is 415 g/mol. The van der Waals surface area contributed by atoms with Gasteiger partial charge >= 0.3 is 5.97 Å². The Morgan fingerprint density at radius 3 is 2.62 bits per heavy atom. The number of hydrogen-bond donors (Lipinski definition) is 1. The van der Waals surface area contributed by atoms with E-state index in [-0.39, 0.29) is 18.7 Å². The number of carbonyl (C=O) groups excluding carboxylic acids is 2. The van der Waals surface area contributed by atoms with E-state index in [0.29, 0.717) is 15.7 Å². The summed E-state index contributed by atoms with van der Waals surface area (Å²) in [7, 11) is 0. The first kappa shape index (κ1) is 18.4. The van der Waals surface area contributed by atoms with E-state index in [1.54, 1.807) is 25.1 Å². The molecule has 1 unspecified atom stereocenters. The Labute approximate surface area is 160 Å². The smallest absolute Gasteiger partial charge is 0.337 e. The molecule has 1 atom stereocenters. The highest BCUT2D eigenvalue weighted by Gasteiger charge is 2.54. The van der Waals surface area contributed by atoms with Gasteiger partial charge in [0.25, 0.3) is 5.91 Å². The van der Waals surface area contributed by atoms with Crippen LogP contribution in [0.3, 0.4) is 0 Å². The predicted octanol–water partition coefficient (Wildman–Crippen LogP) is 3.30. The molecule has 3 rings (SSSR count). The number of anilines is 1. The lowest BCUT2D eigenvalue weighted by molar-refractivity contribution is -0.145. The second kappa shape index (κ2) is 7.05. The Bertz CT molecular complexity index is 881. The Kier molecular flexibility index (Phi) is 4.98. The van der Waals surface area contributed by atoms with Crippen LogP contribution in [0, 0.1) is 0 Å². The maximum atomic E-state index is 13.1. The zero-order chi connectivity index (χ0) is 18.9. The van der Waals surface area contributed by atoms with Crippen LogP contribution < -0.4 is 4.90 Å². The third kappa shape index (κ3) is 2.95. The van der Waals surface area contributed by atoms with Crippen LogP contribution in [0.5, 0.6) is 0 Å². The van der Waals surface area contributed by atoms with Gasteiger partial charge in [0.05, 0.1) is 24.4 Å². The summed E-state index contributed by atoms with van der Waals surface area (Å²) >= 11 is 3.35. The minimum absolute atomic E-state index is 0.126. The van der Waals surface area contributed by atoms with Gasteiger partial charge in [-0.05, 0) is 30.7 Å². The average molecular weight is 416 g/mol. The number of nitrogens with zero attached hydrogens (tertiary/aromatic N) is 1. The topological polar surface area (TPSA) is 66.8 Å². The second-order valence-electron chi connectivity index (χ2n) is 5.95. The highest BCUT2D eigenvalue weighted by Crippen LogP contribution is 2.46. The number of ether oxygens (including phenoxy) is 1. The van der Waals surface area contributed by atoms with E-state index in [1.165, 1.54) is 4.90 Å². The molecule has 5 nitrogen and oxygen atoms in total. The van der Waals surface area contributed by atoms with Gasteiger partial charge in [-0.25, -0.2) is 4.79 Å². The predicted molar refractivity (Wildman–Crippen MR) is 101 cm³/mol. The van der Waals surface area contributed by atoms with Crippen LogP contribution in [-0.4, -0.2) is 23.6 Å². The van der Waals surface area contributed by atoms with Gasteiger partial charge in [-0.1, -0.05) is 52.8 Å². The molecule has 134 valence electrons. The molecule has 1 N–H and O–H groups in total. The minimum Gasteiger partial charge on any atom is -0.463 e. The lowest BCUT2D eigenvalue weighted by atomic mass is 9.88. The number of esters is 1. The van der Waals surface area contributed by atoms with Crippen LogP contribution in [0.4, 0.5) is 5.69 Å². The van der Waals surface area contributed by atoms with Crippen molar-refractivity contribution >= 4 is 33.5 Å². The van der Waals surface area contributed by atoms with Gasteiger partial charge in [0, 0.05) is 10.0 Å². The van der Waals surface area contributed by atoms with Crippen molar-refractivity contribution in [2.75, 3.05) is 11.5 Å². The Balaban J connectivity index is 2.07. The number of carbonyl (C=O) groups is 2. The zero-order valence-corrected chi connectivity index (χ0v) is 15.8. The van der Waals surface area contributed by atoms with Gasteiger partial charge in [0.2, 0.25) is 5.60 Å².